The number of amides is 1. The lowest BCUT2D eigenvalue weighted by atomic mass is 10.2. The number of hydrogen-bond acceptors (Lipinski definition) is 4. The highest BCUT2D eigenvalue weighted by Crippen LogP contribution is 2.14. The zero-order valence-corrected chi connectivity index (χ0v) is 14.8. The number of morpholine rings is 1. The molecule has 0 aliphatic carbocycles. The molecule has 2 aliphatic heterocycles. The second-order valence-electron chi connectivity index (χ2n) is 7.23. The zero-order valence-electron chi connectivity index (χ0n) is 14.8. The molecule has 0 spiro atoms. The fourth-order valence-electron chi connectivity index (χ4n) is 3.83. The molecule has 132 valence electrons. The summed E-state index contributed by atoms with van der Waals surface area (Å²) < 4.78 is 5.72. The van der Waals surface area contributed by atoms with Crippen LogP contribution >= 0.6 is 0 Å². The average Bonchev–Trinajstić information content (AvgIpc) is 2.94. The average molecular weight is 331 g/mol. The molecule has 1 aromatic rings. The molecule has 2 heterocycles. The van der Waals surface area contributed by atoms with E-state index in [0.717, 1.165) is 39.1 Å². The van der Waals surface area contributed by atoms with Gasteiger partial charge in [-0.05, 0) is 25.8 Å². The largest absolute Gasteiger partial charge is 0.373 e. The number of rotatable bonds is 5. The van der Waals surface area contributed by atoms with Crippen molar-refractivity contribution >= 4 is 5.91 Å². The quantitative estimate of drug-likeness (QED) is 0.888. The van der Waals surface area contributed by atoms with Crippen LogP contribution in [0, 0.1) is 0 Å². The maximum absolute atomic E-state index is 12.3. The van der Waals surface area contributed by atoms with Crippen molar-refractivity contribution in [1.82, 2.24) is 15.1 Å². The van der Waals surface area contributed by atoms with Crippen molar-refractivity contribution in [2.45, 2.75) is 45.1 Å². The summed E-state index contributed by atoms with van der Waals surface area (Å²) in [7, 11) is 0. The van der Waals surface area contributed by atoms with Gasteiger partial charge in [-0.3, -0.25) is 14.6 Å². The van der Waals surface area contributed by atoms with Gasteiger partial charge in [0.1, 0.15) is 0 Å². The first-order valence-corrected chi connectivity index (χ1v) is 9.02. The first-order valence-electron chi connectivity index (χ1n) is 9.02. The van der Waals surface area contributed by atoms with E-state index in [1.54, 1.807) is 0 Å². The van der Waals surface area contributed by atoms with Gasteiger partial charge in [-0.25, -0.2) is 0 Å². The van der Waals surface area contributed by atoms with E-state index in [1.165, 1.54) is 5.56 Å². The van der Waals surface area contributed by atoms with E-state index < -0.39 is 0 Å². The van der Waals surface area contributed by atoms with Crippen LogP contribution in [0.4, 0.5) is 0 Å². The van der Waals surface area contributed by atoms with Crippen LogP contribution in [-0.2, 0) is 16.1 Å². The standard InChI is InChI=1S/C19H29N3O2/c1-15-10-22(11-16(2)24-15)14-19(23)20-18-8-9-21(13-18)12-17-6-4-3-5-7-17/h3-7,15-16,18H,8-14H2,1-2H3,(H,20,23)/t15-,16-,18-/m1/s1. The molecule has 0 radical (unpaired) electrons. The van der Waals surface area contributed by atoms with Crippen molar-refractivity contribution in [2.24, 2.45) is 0 Å². The van der Waals surface area contributed by atoms with Crippen molar-refractivity contribution in [3.05, 3.63) is 35.9 Å². The third-order valence-corrected chi connectivity index (χ3v) is 4.75. The molecule has 1 amide bonds. The molecule has 5 heteroatoms. The number of nitrogens with one attached hydrogen (secondary N) is 1. The van der Waals surface area contributed by atoms with Gasteiger partial charge >= 0.3 is 0 Å². The van der Waals surface area contributed by atoms with Gasteiger partial charge in [0.15, 0.2) is 0 Å². The van der Waals surface area contributed by atoms with E-state index in [-0.39, 0.29) is 24.2 Å². The second-order valence-corrected chi connectivity index (χ2v) is 7.23. The Hall–Kier alpha value is -1.43. The van der Waals surface area contributed by atoms with Crippen LogP contribution in [0.1, 0.15) is 25.8 Å². The van der Waals surface area contributed by atoms with Crippen LogP contribution < -0.4 is 5.32 Å². The number of carbonyl (C=O) groups excluding carboxylic acids is 1. The van der Waals surface area contributed by atoms with Crippen LogP contribution in [-0.4, -0.2) is 66.7 Å². The lowest BCUT2D eigenvalue weighted by molar-refractivity contribution is -0.126. The molecule has 2 fully saturated rings. The molecule has 0 bridgehead atoms. The monoisotopic (exact) mass is 331 g/mol. The lowest BCUT2D eigenvalue weighted by Gasteiger charge is -2.34. The summed E-state index contributed by atoms with van der Waals surface area (Å²) in [6.45, 7) is 9.24. The highest BCUT2D eigenvalue weighted by Gasteiger charge is 2.27. The summed E-state index contributed by atoms with van der Waals surface area (Å²) in [6, 6.07) is 10.8. The Morgan fingerprint density at radius 1 is 1.12 bits per heavy atom. The number of ether oxygens (including phenoxy) is 1. The number of nitrogens with zero attached hydrogens (tertiary/aromatic N) is 2. The Morgan fingerprint density at radius 3 is 2.54 bits per heavy atom. The molecule has 0 unspecified atom stereocenters. The summed E-state index contributed by atoms with van der Waals surface area (Å²) in [5.74, 6) is 0.142. The normalized spacial score (nSPS) is 28.8. The van der Waals surface area contributed by atoms with Gasteiger partial charge in [-0.2, -0.15) is 0 Å². The number of carbonyl (C=O) groups is 1. The van der Waals surface area contributed by atoms with E-state index >= 15 is 0 Å². The molecule has 3 rings (SSSR count). The van der Waals surface area contributed by atoms with Crippen LogP contribution in [0.15, 0.2) is 30.3 Å². The Morgan fingerprint density at radius 2 is 1.83 bits per heavy atom. The van der Waals surface area contributed by atoms with Gasteiger partial charge in [-0.1, -0.05) is 30.3 Å². The summed E-state index contributed by atoms with van der Waals surface area (Å²) >= 11 is 0. The molecular weight excluding hydrogens is 302 g/mol. The van der Waals surface area contributed by atoms with Crippen LogP contribution in [0.25, 0.3) is 0 Å². The van der Waals surface area contributed by atoms with E-state index in [4.69, 9.17) is 4.74 Å². The van der Waals surface area contributed by atoms with Crippen molar-refractivity contribution in [3.63, 3.8) is 0 Å². The molecule has 0 saturated carbocycles. The van der Waals surface area contributed by atoms with Crippen molar-refractivity contribution in [2.75, 3.05) is 32.7 Å². The molecule has 1 aromatic carbocycles. The van der Waals surface area contributed by atoms with Crippen LogP contribution in [0.5, 0.6) is 0 Å². The molecule has 0 aromatic heterocycles. The SMILES string of the molecule is C[C@@H]1CN(CC(=O)N[C@@H]2CCN(Cc3ccccc3)C2)C[C@@H](C)O1. The summed E-state index contributed by atoms with van der Waals surface area (Å²) in [5, 5.41) is 3.21. The first kappa shape index (κ1) is 17.4. The Bertz CT molecular complexity index is 527. The van der Waals surface area contributed by atoms with E-state index in [2.05, 4.69) is 53.2 Å². The third-order valence-electron chi connectivity index (χ3n) is 4.75. The topological polar surface area (TPSA) is 44.8 Å². The van der Waals surface area contributed by atoms with E-state index in [9.17, 15) is 4.79 Å². The molecule has 24 heavy (non-hydrogen) atoms. The number of benzene rings is 1. The smallest absolute Gasteiger partial charge is 0.234 e. The molecule has 2 saturated heterocycles. The first-order chi connectivity index (χ1) is 11.6. The minimum atomic E-state index is 0.142. The zero-order chi connectivity index (χ0) is 16.9. The predicted molar refractivity (Wildman–Crippen MR) is 94.7 cm³/mol. The minimum absolute atomic E-state index is 0.142. The molecular formula is C19H29N3O2. The van der Waals surface area contributed by atoms with Gasteiger partial charge in [0.2, 0.25) is 5.91 Å². The molecule has 2 aliphatic rings. The fraction of sp³-hybridized carbons (Fsp3) is 0.632. The molecule has 3 atom stereocenters. The number of hydrogen-bond donors (Lipinski definition) is 1. The third kappa shape index (κ3) is 5.03. The van der Waals surface area contributed by atoms with Crippen LogP contribution in [0.3, 0.4) is 0 Å². The summed E-state index contributed by atoms with van der Waals surface area (Å²) in [6.07, 6.45) is 1.44. The lowest BCUT2D eigenvalue weighted by Crippen LogP contribution is -2.50. The van der Waals surface area contributed by atoms with Crippen molar-refractivity contribution in [3.8, 4) is 0 Å². The summed E-state index contributed by atoms with van der Waals surface area (Å²) in [4.78, 5) is 16.9. The van der Waals surface area contributed by atoms with Crippen LogP contribution in [0.2, 0.25) is 0 Å². The van der Waals surface area contributed by atoms with E-state index in [0.29, 0.717) is 6.54 Å². The van der Waals surface area contributed by atoms with E-state index in [1.807, 2.05) is 6.07 Å². The maximum Gasteiger partial charge on any atom is 0.234 e. The maximum atomic E-state index is 12.3. The van der Waals surface area contributed by atoms with Gasteiger partial charge in [-0.15, -0.1) is 0 Å². The number of likely N-dealkylation sites (tertiary alicyclic amines) is 1. The van der Waals surface area contributed by atoms with Gasteiger partial charge in [0, 0.05) is 38.8 Å². The Balaban J connectivity index is 1.41. The van der Waals surface area contributed by atoms with Crippen molar-refractivity contribution < 1.29 is 9.53 Å². The molecule has 1 N–H and O–H groups in total. The predicted octanol–water partition coefficient (Wildman–Crippen LogP) is 1.49. The second kappa shape index (κ2) is 8.10. The van der Waals surface area contributed by atoms with Gasteiger partial charge in [0.05, 0.1) is 18.8 Å². The van der Waals surface area contributed by atoms with Gasteiger partial charge < -0.3 is 10.1 Å². The Kier molecular flexibility index (Phi) is 5.87. The molecule has 5 nitrogen and oxygen atoms in total. The fourth-order valence-corrected chi connectivity index (χ4v) is 3.83. The van der Waals surface area contributed by atoms with Gasteiger partial charge in [0.25, 0.3) is 0 Å². The highest BCUT2D eigenvalue weighted by atomic mass is 16.5. The minimum Gasteiger partial charge on any atom is -0.373 e. The van der Waals surface area contributed by atoms with Crippen molar-refractivity contribution in [1.29, 1.82) is 0 Å². The Labute approximate surface area is 145 Å². The highest BCUT2D eigenvalue weighted by molar-refractivity contribution is 5.78. The summed E-state index contributed by atoms with van der Waals surface area (Å²) in [5.41, 5.74) is 1.33.